The number of oxime groups is 1. The molecule has 1 saturated carbocycles. The minimum atomic E-state index is -1.33. The van der Waals surface area contributed by atoms with Crippen molar-refractivity contribution < 1.29 is 19.1 Å². The van der Waals surface area contributed by atoms with Crippen molar-refractivity contribution in [2.45, 2.75) is 126 Å². The summed E-state index contributed by atoms with van der Waals surface area (Å²) in [5, 5.41) is 14.1. The number of rotatable bonds is 22. The average molecular weight is 798 g/mol. The summed E-state index contributed by atoms with van der Waals surface area (Å²) in [5.41, 5.74) is 8.29. The van der Waals surface area contributed by atoms with Crippen LogP contribution in [0.5, 0.6) is 0 Å². The first kappa shape index (κ1) is 46.1. The second-order valence-electron chi connectivity index (χ2n) is 17.0. The molecule has 1 aliphatic carbocycles. The number of allylic oxidation sites excluding steroid dienone is 10. The van der Waals surface area contributed by atoms with Gasteiger partial charge in [0, 0.05) is 44.3 Å². The largest absolute Gasteiger partial charge is 0.477 e. The van der Waals surface area contributed by atoms with E-state index in [4.69, 9.17) is 9.82 Å². The van der Waals surface area contributed by atoms with Gasteiger partial charge in [0.25, 0.3) is 0 Å². The van der Waals surface area contributed by atoms with Crippen molar-refractivity contribution in [3.05, 3.63) is 104 Å². The quantitative estimate of drug-likeness (QED) is 0.0935. The lowest BCUT2D eigenvalue weighted by atomic mass is 10.0. The fraction of sp³-hybridized carbons (Fsp3) is 0.542. The van der Waals surface area contributed by atoms with E-state index in [9.17, 15) is 14.7 Å². The third kappa shape index (κ3) is 14.4. The molecule has 10 heteroatoms. The lowest BCUT2D eigenvalue weighted by molar-refractivity contribution is 0.0694. The fourth-order valence-electron chi connectivity index (χ4n) is 7.33. The molecule has 2 aliphatic rings. The number of hydrogen-bond donors (Lipinski definition) is 1. The molecule has 1 atom stereocenters. The Morgan fingerprint density at radius 3 is 1.86 bits per heavy atom. The molecule has 1 N–H and O–H groups in total. The van der Waals surface area contributed by atoms with Crippen LogP contribution >= 0.6 is 0 Å². The average Bonchev–Trinajstić information content (AvgIpc) is 3.93. The minimum absolute atomic E-state index is 0.0196. The number of nitrogens with zero attached hydrogens (tertiary/aromatic N) is 5. The highest BCUT2D eigenvalue weighted by Gasteiger charge is 2.34. The van der Waals surface area contributed by atoms with Crippen LogP contribution in [0.15, 0.2) is 92.1 Å². The van der Waals surface area contributed by atoms with Gasteiger partial charge < -0.3 is 19.4 Å². The number of aromatic carboxylic acids is 1. The van der Waals surface area contributed by atoms with E-state index in [1.807, 2.05) is 4.90 Å². The molecule has 58 heavy (non-hydrogen) atoms. The summed E-state index contributed by atoms with van der Waals surface area (Å²) in [7, 11) is 1.53. The Bertz CT molecular complexity index is 1960. The molecule has 0 radical (unpaired) electrons. The maximum atomic E-state index is 15.9. The Hall–Kier alpha value is -4.57. The minimum Gasteiger partial charge on any atom is -0.477 e. The number of aromatic nitrogens is 2. The monoisotopic (exact) mass is 798 g/mol. The molecule has 3 heterocycles. The molecule has 9 nitrogen and oxygen atoms in total. The Morgan fingerprint density at radius 1 is 0.862 bits per heavy atom. The number of pyridine rings is 2. The van der Waals surface area contributed by atoms with E-state index in [0.29, 0.717) is 25.3 Å². The van der Waals surface area contributed by atoms with Gasteiger partial charge in [-0.05, 0) is 126 Å². The molecule has 4 rings (SSSR count). The van der Waals surface area contributed by atoms with Gasteiger partial charge in [-0.25, -0.2) is 14.2 Å². The third-order valence-corrected chi connectivity index (χ3v) is 11.0. The Kier molecular flexibility index (Phi) is 17.9. The first-order valence-corrected chi connectivity index (χ1v) is 21.1. The van der Waals surface area contributed by atoms with E-state index < -0.39 is 17.2 Å². The van der Waals surface area contributed by atoms with E-state index in [1.54, 1.807) is 4.57 Å². The molecule has 1 unspecified atom stereocenters. The molecule has 316 valence electrons. The number of carboxylic acids is 1. The maximum absolute atomic E-state index is 15.9. The zero-order valence-electron chi connectivity index (χ0n) is 36.7. The number of fused-ring (bicyclic) bond motifs is 1. The summed E-state index contributed by atoms with van der Waals surface area (Å²) in [6.07, 6.45) is 25.4. The Labute approximate surface area is 346 Å². The first-order chi connectivity index (χ1) is 27.7. The van der Waals surface area contributed by atoms with Crippen molar-refractivity contribution in [2.75, 3.05) is 44.7 Å². The summed E-state index contributed by atoms with van der Waals surface area (Å²) in [5.74, 6) is -1.92. The van der Waals surface area contributed by atoms with Crippen LogP contribution in [0.4, 0.5) is 10.2 Å². The van der Waals surface area contributed by atoms with Crippen molar-refractivity contribution in [3.8, 4) is 0 Å². The maximum Gasteiger partial charge on any atom is 0.341 e. The van der Waals surface area contributed by atoms with Gasteiger partial charge in [-0.3, -0.25) is 9.69 Å². The predicted octanol–water partition coefficient (Wildman–Crippen LogP) is 11.1. The van der Waals surface area contributed by atoms with E-state index in [2.05, 4.69) is 102 Å². The van der Waals surface area contributed by atoms with Gasteiger partial charge in [-0.2, -0.15) is 0 Å². The summed E-state index contributed by atoms with van der Waals surface area (Å²) < 4.78 is 17.7. The lowest BCUT2D eigenvalue weighted by Gasteiger charge is -2.24. The van der Waals surface area contributed by atoms with Crippen molar-refractivity contribution in [2.24, 2.45) is 11.1 Å². The van der Waals surface area contributed by atoms with Crippen LogP contribution in [-0.2, 0) is 4.84 Å². The molecule has 0 amide bonds. The van der Waals surface area contributed by atoms with Crippen LogP contribution in [0.3, 0.4) is 0 Å². The Morgan fingerprint density at radius 2 is 1.38 bits per heavy atom. The second-order valence-corrected chi connectivity index (χ2v) is 17.0. The van der Waals surface area contributed by atoms with Gasteiger partial charge in [-0.15, -0.1) is 0 Å². The molecule has 2 aromatic rings. The highest BCUT2D eigenvalue weighted by atomic mass is 19.1. The molecule has 0 spiro atoms. The van der Waals surface area contributed by atoms with Crippen molar-refractivity contribution in [1.29, 1.82) is 0 Å². The van der Waals surface area contributed by atoms with Gasteiger partial charge in [0.15, 0.2) is 11.6 Å². The number of hydrogen-bond acceptors (Lipinski definition) is 7. The first-order valence-electron chi connectivity index (χ1n) is 21.1. The molecule has 1 aliphatic heterocycles. The fourth-order valence-corrected chi connectivity index (χ4v) is 7.33. The van der Waals surface area contributed by atoms with Gasteiger partial charge >= 0.3 is 5.97 Å². The Balaban J connectivity index is 1.53. The summed E-state index contributed by atoms with van der Waals surface area (Å²) in [4.78, 5) is 39.3. The molecule has 2 aromatic heterocycles. The standard InChI is InChI=1S/C48H68FN5O4/c1-33(2)14-10-16-35(5)18-12-20-37(7)24-26-52(27-25-38(8)21-13-19-36(6)17-11-15-34(3)4)29-39-30-53(32-44(39)51-58-9)47-43(49)28-41-45(55)42(48(56)57)31-54(40-22-23-40)46(41)50-47/h14-15,18-19,24-25,28,31,39-40H,10-13,16-17,20-23,26-27,29-30,32H2,1-9H3,(H,56,57)/b35-18+,36-19+,37-24+,38-25+,51-44+. The van der Waals surface area contributed by atoms with Crippen LogP contribution in [0.25, 0.3) is 11.0 Å². The van der Waals surface area contributed by atoms with Crippen LogP contribution in [0.1, 0.15) is 136 Å². The molecular formula is C48H68FN5O4. The second kappa shape index (κ2) is 22.5. The van der Waals surface area contributed by atoms with Gasteiger partial charge in [0.1, 0.15) is 18.3 Å². The SMILES string of the molecule is CO/N=C1\CN(c2nc3c(cc2F)c(=O)c(C(=O)O)cn3C2CC2)CC1CN(C/C=C(\C)CC/C=C(\C)CCC=C(C)C)C/C=C(\C)CC/C=C(\C)CCC=C(C)C. The van der Waals surface area contributed by atoms with Crippen LogP contribution in [0.2, 0.25) is 0 Å². The summed E-state index contributed by atoms with van der Waals surface area (Å²) in [6, 6.07) is 1.18. The zero-order valence-corrected chi connectivity index (χ0v) is 36.7. The van der Waals surface area contributed by atoms with E-state index >= 15 is 4.39 Å². The molecule has 2 fully saturated rings. The smallest absolute Gasteiger partial charge is 0.341 e. The van der Waals surface area contributed by atoms with Gasteiger partial charge in [0.2, 0.25) is 5.43 Å². The van der Waals surface area contributed by atoms with Crippen molar-refractivity contribution in [1.82, 2.24) is 14.5 Å². The molecule has 1 saturated heterocycles. The van der Waals surface area contributed by atoms with Gasteiger partial charge in [-0.1, -0.05) is 75.1 Å². The number of halogens is 1. The van der Waals surface area contributed by atoms with Crippen LogP contribution < -0.4 is 10.3 Å². The van der Waals surface area contributed by atoms with Crippen LogP contribution in [-0.4, -0.2) is 71.1 Å². The number of anilines is 1. The molecule has 0 bridgehead atoms. The normalized spacial score (nSPS) is 17.5. The summed E-state index contributed by atoms with van der Waals surface area (Å²) in [6.45, 7) is 20.4. The zero-order chi connectivity index (χ0) is 42.4. The molecular weight excluding hydrogens is 730 g/mol. The summed E-state index contributed by atoms with van der Waals surface area (Å²) >= 11 is 0. The van der Waals surface area contributed by atoms with E-state index in [-0.39, 0.29) is 28.7 Å². The van der Waals surface area contributed by atoms with Crippen molar-refractivity contribution >= 4 is 28.5 Å². The van der Waals surface area contributed by atoms with Crippen molar-refractivity contribution in [3.63, 3.8) is 0 Å². The lowest BCUT2D eigenvalue weighted by Crippen LogP contribution is -2.34. The number of carbonyl (C=O) groups is 1. The highest BCUT2D eigenvalue weighted by Crippen LogP contribution is 2.37. The van der Waals surface area contributed by atoms with Crippen LogP contribution in [0, 0.1) is 11.7 Å². The third-order valence-electron chi connectivity index (χ3n) is 11.0. The predicted molar refractivity (Wildman–Crippen MR) is 239 cm³/mol. The van der Waals surface area contributed by atoms with E-state index in [0.717, 1.165) is 89.1 Å². The highest BCUT2D eigenvalue weighted by molar-refractivity contribution is 5.95. The van der Waals surface area contributed by atoms with Gasteiger partial charge in [0.05, 0.1) is 17.6 Å². The van der Waals surface area contributed by atoms with E-state index in [1.165, 1.54) is 46.7 Å². The topological polar surface area (TPSA) is 100 Å². The number of carboxylic acid groups (broad SMARTS) is 1. The molecule has 0 aromatic carbocycles.